The van der Waals surface area contributed by atoms with E-state index in [2.05, 4.69) is 10.3 Å². The molecule has 0 bridgehead atoms. The lowest BCUT2D eigenvalue weighted by molar-refractivity contribution is 0.0944. The zero-order valence-corrected chi connectivity index (χ0v) is 14.1. The highest BCUT2D eigenvalue weighted by molar-refractivity contribution is 7.91. The van der Waals surface area contributed by atoms with Gasteiger partial charge in [0, 0.05) is 23.7 Å². The molecule has 1 aromatic heterocycles. The number of imidazole rings is 1. The minimum absolute atomic E-state index is 0.0235. The molecule has 2 aromatic rings. The third kappa shape index (κ3) is 2.86. The third-order valence-electron chi connectivity index (χ3n) is 3.66. The van der Waals surface area contributed by atoms with Crippen LogP contribution in [0, 0.1) is 0 Å². The van der Waals surface area contributed by atoms with Crippen molar-refractivity contribution in [2.45, 2.75) is 25.0 Å². The number of aromatic nitrogens is 2. The summed E-state index contributed by atoms with van der Waals surface area (Å²) in [7, 11) is -3.43. The van der Waals surface area contributed by atoms with Crippen molar-refractivity contribution in [3.05, 3.63) is 35.0 Å². The van der Waals surface area contributed by atoms with E-state index in [0.717, 1.165) is 6.42 Å². The third-order valence-corrected chi connectivity index (χ3v) is 5.50. The Bertz CT molecular complexity index is 857. The second-order valence-corrected chi connectivity index (χ2v) is 7.76. The topological polar surface area (TPSA) is 81.1 Å². The van der Waals surface area contributed by atoms with Crippen molar-refractivity contribution in [3.8, 4) is 11.3 Å². The summed E-state index contributed by atoms with van der Waals surface area (Å²) >= 11 is 5.89. The molecular formula is C15H16ClN3O3S. The molecule has 0 saturated carbocycles. The van der Waals surface area contributed by atoms with Crippen LogP contribution in [0.1, 0.15) is 23.8 Å². The van der Waals surface area contributed by atoms with Crippen LogP contribution in [-0.4, -0.2) is 36.2 Å². The lowest BCUT2D eigenvalue weighted by Crippen LogP contribution is -2.27. The molecule has 0 unspecified atom stereocenters. The number of amides is 1. The van der Waals surface area contributed by atoms with Crippen LogP contribution in [0.4, 0.5) is 0 Å². The summed E-state index contributed by atoms with van der Waals surface area (Å²) in [6, 6.07) is 6.82. The fourth-order valence-corrected chi connectivity index (χ4v) is 4.02. The van der Waals surface area contributed by atoms with Crippen LogP contribution >= 0.6 is 11.6 Å². The van der Waals surface area contributed by atoms with Crippen LogP contribution in [0.15, 0.2) is 29.4 Å². The van der Waals surface area contributed by atoms with E-state index < -0.39 is 9.84 Å². The average molecular weight is 354 g/mol. The van der Waals surface area contributed by atoms with Gasteiger partial charge in [0.1, 0.15) is 11.4 Å². The number of rotatable bonds is 4. The Labute approximate surface area is 139 Å². The van der Waals surface area contributed by atoms with Gasteiger partial charge in [-0.3, -0.25) is 4.79 Å². The highest BCUT2D eigenvalue weighted by atomic mass is 35.5. The quantitative estimate of drug-likeness (QED) is 0.913. The maximum absolute atomic E-state index is 12.5. The van der Waals surface area contributed by atoms with E-state index in [-0.39, 0.29) is 29.1 Å². The van der Waals surface area contributed by atoms with Crippen molar-refractivity contribution in [1.29, 1.82) is 0 Å². The molecule has 0 radical (unpaired) electrons. The zero-order valence-electron chi connectivity index (χ0n) is 12.5. The molecule has 0 saturated heterocycles. The Morgan fingerprint density at radius 1 is 1.35 bits per heavy atom. The molecule has 3 rings (SSSR count). The van der Waals surface area contributed by atoms with Crippen molar-refractivity contribution < 1.29 is 13.2 Å². The number of hydrogen-bond acceptors (Lipinski definition) is 4. The Kier molecular flexibility index (Phi) is 4.16. The van der Waals surface area contributed by atoms with Gasteiger partial charge in [-0.25, -0.2) is 13.4 Å². The summed E-state index contributed by atoms with van der Waals surface area (Å²) in [5, 5.41) is 3.32. The normalized spacial score (nSPS) is 15.4. The summed E-state index contributed by atoms with van der Waals surface area (Å²) in [6.45, 7) is 2.71. The highest BCUT2D eigenvalue weighted by Crippen LogP contribution is 2.30. The van der Waals surface area contributed by atoms with Crippen LogP contribution in [0.5, 0.6) is 0 Å². The molecule has 1 aliphatic heterocycles. The maximum atomic E-state index is 12.5. The van der Waals surface area contributed by atoms with Crippen molar-refractivity contribution in [2.24, 2.45) is 0 Å². The lowest BCUT2D eigenvalue weighted by Gasteiger charge is -2.08. The fraction of sp³-hybridized carbons (Fsp3) is 0.333. The number of hydrogen-bond donors (Lipinski definition) is 1. The molecular weight excluding hydrogens is 338 g/mol. The predicted molar refractivity (Wildman–Crippen MR) is 87.4 cm³/mol. The van der Waals surface area contributed by atoms with Gasteiger partial charge < -0.3 is 9.88 Å². The minimum Gasteiger partial charge on any atom is -0.351 e. The van der Waals surface area contributed by atoms with E-state index in [4.69, 9.17) is 11.6 Å². The summed E-state index contributed by atoms with van der Waals surface area (Å²) in [5.74, 6) is -0.336. The van der Waals surface area contributed by atoms with E-state index in [0.29, 0.717) is 22.8 Å². The smallest absolute Gasteiger partial charge is 0.270 e. The van der Waals surface area contributed by atoms with E-state index in [1.165, 1.54) is 4.57 Å². The Morgan fingerprint density at radius 3 is 2.70 bits per heavy atom. The van der Waals surface area contributed by atoms with E-state index >= 15 is 0 Å². The van der Waals surface area contributed by atoms with E-state index in [1.54, 1.807) is 24.3 Å². The molecule has 0 aliphatic carbocycles. The summed E-state index contributed by atoms with van der Waals surface area (Å²) in [5.41, 5.74) is 1.32. The molecule has 23 heavy (non-hydrogen) atoms. The first-order valence-electron chi connectivity index (χ1n) is 7.31. The zero-order chi connectivity index (χ0) is 16.6. The average Bonchev–Trinajstić information content (AvgIpc) is 3.04. The van der Waals surface area contributed by atoms with Gasteiger partial charge in [-0.15, -0.1) is 0 Å². The Hall–Kier alpha value is -1.86. The maximum Gasteiger partial charge on any atom is 0.270 e. The standard InChI is InChI=1S/C15H16ClN3O3S/c1-2-7-17-14(20)13-12(10-3-5-11(16)6-4-10)18-15-19(13)8-9-23(15,21)22/h3-6H,2,7-9H2,1H3,(H,17,20). The Morgan fingerprint density at radius 2 is 2.04 bits per heavy atom. The lowest BCUT2D eigenvalue weighted by atomic mass is 10.1. The summed E-state index contributed by atoms with van der Waals surface area (Å²) in [6.07, 6.45) is 0.793. The molecule has 1 aromatic carbocycles. The van der Waals surface area contributed by atoms with Crippen molar-refractivity contribution >= 4 is 27.3 Å². The van der Waals surface area contributed by atoms with Crippen LogP contribution < -0.4 is 5.32 Å². The van der Waals surface area contributed by atoms with Gasteiger partial charge in [-0.2, -0.15) is 0 Å². The summed E-state index contributed by atoms with van der Waals surface area (Å²) in [4.78, 5) is 16.7. The number of nitrogens with zero attached hydrogens (tertiary/aromatic N) is 2. The van der Waals surface area contributed by atoms with Crippen molar-refractivity contribution in [2.75, 3.05) is 12.3 Å². The first kappa shape index (κ1) is 16.0. The molecule has 6 nitrogen and oxygen atoms in total. The summed E-state index contributed by atoms with van der Waals surface area (Å²) < 4.78 is 25.7. The van der Waals surface area contributed by atoms with Crippen LogP contribution in [0.3, 0.4) is 0 Å². The van der Waals surface area contributed by atoms with Gasteiger partial charge in [-0.05, 0) is 18.6 Å². The van der Waals surface area contributed by atoms with Crippen molar-refractivity contribution in [3.63, 3.8) is 0 Å². The largest absolute Gasteiger partial charge is 0.351 e. The molecule has 1 amide bonds. The second-order valence-electron chi connectivity index (χ2n) is 5.32. The molecule has 0 fully saturated rings. The van der Waals surface area contributed by atoms with Crippen LogP contribution in [-0.2, 0) is 16.4 Å². The molecule has 1 aliphatic rings. The number of fused-ring (bicyclic) bond motifs is 1. The SMILES string of the molecule is CCCNC(=O)c1c(-c2ccc(Cl)cc2)nc2n1CCS2(=O)=O. The van der Waals surface area contributed by atoms with Crippen LogP contribution in [0.25, 0.3) is 11.3 Å². The van der Waals surface area contributed by atoms with Gasteiger partial charge in [0.2, 0.25) is 15.0 Å². The number of sulfone groups is 1. The molecule has 2 heterocycles. The van der Waals surface area contributed by atoms with Crippen molar-refractivity contribution in [1.82, 2.24) is 14.9 Å². The second kappa shape index (κ2) is 5.98. The highest BCUT2D eigenvalue weighted by Gasteiger charge is 2.35. The van der Waals surface area contributed by atoms with Gasteiger partial charge >= 0.3 is 0 Å². The molecule has 0 atom stereocenters. The number of carbonyl (C=O) groups is 1. The number of halogens is 1. The molecule has 8 heteroatoms. The van der Waals surface area contributed by atoms with Gasteiger partial charge in [0.15, 0.2) is 0 Å². The van der Waals surface area contributed by atoms with E-state index in [9.17, 15) is 13.2 Å². The van der Waals surface area contributed by atoms with Gasteiger partial charge in [0.25, 0.3) is 5.91 Å². The molecule has 0 spiro atoms. The molecule has 1 N–H and O–H groups in total. The number of carbonyl (C=O) groups excluding carboxylic acids is 1. The number of nitrogens with one attached hydrogen (secondary N) is 1. The van der Waals surface area contributed by atoms with Crippen LogP contribution in [0.2, 0.25) is 5.02 Å². The minimum atomic E-state index is -3.43. The molecule has 122 valence electrons. The predicted octanol–water partition coefficient (Wildman–Crippen LogP) is 2.13. The van der Waals surface area contributed by atoms with Gasteiger partial charge in [0.05, 0.1) is 5.75 Å². The first-order chi connectivity index (χ1) is 10.9. The Balaban J connectivity index is 2.15. The fourth-order valence-electron chi connectivity index (χ4n) is 2.54. The monoisotopic (exact) mass is 353 g/mol. The number of benzene rings is 1. The first-order valence-corrected chi connectivity index (χ1v) is 9.34. The van der Waals surface area contributed by atoms with Gasteiger partial charge in [-0.1, -0.05) is 30.7 Å². The van der Waals surface area contributed by atoms with E-state index in [1.807, 2.05) is 6.92 Å².